The van der Waals surface area contributed by atoms with Crippen LogP contribution in [0.4, 0.5) is 9.59 Å². The molecule has 0 aromatic rings. The number of rotatable bonds is 7. The van der Waals surface area contributed by atoms with Gasteiger partial charge in [-0.25, -0.2) is 9.59 Å². The Bertz CT molecular complexity index is 1130. The van der Waals surface area contributed by atoms with Crippen molar-refractivity contribution >= 4 is 18.2 Å². The summed E-state index contributed by atoms with van der Waals surface area (Å²) in [6.07, 6.45) is 18.9. The highest BCUT2D eigenvalue weighted by molar-refractivity contribution is 5.70. The van der Waals surface area contributed by atoms with Crippen molar-refractivity contribution in [2.45, 2.75) is 129 Å². The Labute approximate surface area is 288 Å². The molecule has 0 unspecified atom stereocenters. The molecule has 1 saturated carbocycles. The van der Waals surface area contributed by atoms with Gasteiger partial charge in [-0.3, -0.25) is 9.69 Å². The van der Waals surface area contributed by atoms with E-state index in [1.165, 1.54) is 38.5 Å². The smallest absolute Gasteiger partial charge is 0.410 e. The van der Waals surface area contributed by atoms with Gasteiger partial charge in [0.1, 0.15) is 11.7 Å². The number of nitrogens with zero attached hydrogens (tertiary/aromatic N) is 3. The van der Waals surface area contributed by atoms with Crippen molar-refractivity contribution in [1.29, 1.82) is 0 Å². The van der Waals surface area contributed by atoms with E-state index >= 15 is 0 Å². The van der Waals surface area contributed by atoms with Gasteiger partial charge in [-0.2, -0.15) is 0 Å². The second-order valence-corrected chi connectivity index (χ2v) is 14.8. The Morgan fingerprint density at radius 2 is 1.60 bits per heavy atom. The SMILES string of the molecule is C/C(=C\C=C\CCOC(=O)N1CCCC1)[C@H]1OC(=O)C[C@H](C)CC[C@@](C)(O)[C@@H](OC(=O)N2CCN(C3CCCCCC3)CC2)/C=C/[C@@H]1C. The minimum atomic E-state index is -1.30. The second kappa shape index (κ2) is 18.8. The lowest BCUT2D eigenvalue weighted by atomic mass is 9.87. The summed E-state index contributed by atoms with van der Waals surface area (Å²) in [5.41, 5.74) is -0.436. The van der Waals surface area contributed by atoms with Crippen LogP contribution < -0.4 is 0 Å². The molecular formula is C38H61N3O7. The molecule has 4 rings (SSSR count). The summed E-state index contributed by atoms with van der Waals surface area (Å²) < 4.78 is 17.4. The first-order valence-electron chi connectivity index (χ1n) is 18.6. The summed E-state index contributed by atoms with van der Waals surface area (Å²) in [4.78, 5) is 44.6. The third-order valence-electron chi connectivity index (χ3n) is 10.6. The number of piperazine rings is 1. The molecule has 4 aliphatic rings. The highest BCUT2D eigenvalue weighted by atomic mass is 16.6. The summed E-state index contributed by atoms with van der Waals surface area (Å²) in [6.45, 7) is 12.4. The lowest BCUT2D eigenvalue weighted by molar-refractivity contribution is -0.150. The van der Waals surface area contributed by atoms with Crippen LogP contribution in [0.3, 0.4) is 0 Å². The zero-order valence-corrected chi connectivity index (χ0v) is 29.9. The molecule has 0 aromatic heterocycles. The van der Waals surface area contributed by atoms with E-state index in [0.29, 0.717) is 45.0 Å². The average molecular weight is 672 g/mol. The molecule has 1 aliphatic carbocycles. The largest absolute Gasteiger partial charge is 0.457 e. The average Bonchev–Trinajstić information content (AvgIpc) is 3.48. The molecule has 0 bridgehead atoms. The first kappa shape index (κ1) is 38.0. The Morgan fingerprint density at radius 1 is 0.938 bits per heavy atom. The molecule has 10 nitrogen and oxygen atoms in total. The molecule has 270 valence electrons. The van der Waals surface area contributed by atoms with Crippen LogP contribution in [0.15, 0.2) is 36.0 Å². The van der Waals surface area contributed by atoms with Gasteiger partial charge in [0.25, 0.3) is 0 Å². The number of cyclic esters (lactones) is 1. The van der Waals surface area contributed by atoms with Gasteiger partial charge in [0.15, 0.2) is 6.10 Å². The van der Waals surface area contributed by atoms with Gasteiger partial charge in [0, 0.05) is 57.6 Å². The Hall–Kier alpha value is -2.85. The molecule has 10 heteroatoms. The zero-order chi connectivity index (χ0) is 34.5. The summed E-state index contributed by atoms with van der Waals surface area (Å²) in [6, 6.07) is 0.614. The molecular weight excluding hydrogens is 610 g/mol. The number of aliphatic hydroxyl groups is 1. The number of esters is 1. The standard InChI is InChI=1S/C38H61N3O7/c1-29-19-20-38(4,45)33(47-37(44)41-25-23-39(24-26-41)32-15-9-5-6-10-16-32)18-17-31(3)35(48-34(42)28-29)30(2)14-8-7-13-27-46-36(43)40-21-11-12-22-40/h7-8,14,17-18,29,31-33,35,45H,5-6,9-13,15-16,19-28H2,1-4H3/b8-7+,18-17+,30-14+/t29-,31+,33+,35-,38-/m1/s1. The van der Waals surface area contributed by atoms with Gasteiger partial charge in [-0.05, 0) is 76.4 Å². The summed E-state index contributed by atoms with van der Waals surface area (Å²) in [7, 11) is 0. The molecule has 1 N–H and O–H groups in total. The van der Waals surface area contributed by atoms with Crippen LogP contribution >= 0.6 is 0 Å². The molecule has 2 amide bonds. The van der Waals surface area contributed by atoms with Gasteiger partial charge in [0.2, 0.25) is 0 Å². The number of likely N-dealkylation sites (tertiary alicyclic amines) is 1. The van der Waals surface area contributed by atoms with Crippen LogP contribution in [-0.4, -0.2) is 108 Å². The summed E-state index contributed by atoms with van der Waals surface area (Å²) >= 11 is 0. The molecule has 2 saturated heterocycles. The van der Waals surface area contributed by atoms with Crippen LogP contribution in [0.1, 0.15) is 105 Å². The van der Waals surface area contributed by atoms with Gasteiger partial charge >= 0.3 is 18.2 Å². The maximum Gasteiger partial charge on any atom is 0.410 e. The van der Waals surface area contributed by atoms with E-state index in [2.05, 4.69) is 4.90 Å². The topological polar surface area (TPSA) is 109 Å². The van der Waals surface area contributed by atoms with Crippen molar-refractivity contribution in [1.82, 2.24) is 14.7 Å². The highest BCUT2D eigenvalue weighted by Crippen LogP contribution is 2.29. The van der Waals surface area contributed by atoms with Crippen molar-refractivity contribution in [3.63, 3.8) is 0 Å². The van der Waals surface area contributed by atoms with Crippen molar-refractivity contribution in [2.24, 2.45) is 11.8 Å². The fourth-order valence-corrected chi connectivity index (χ4v) is 7.31. The number of carbonyl (C=O) groups excluding carboxylic acids is 3. The first-order chi connectivity index (χ1) is 23.0. The molecule has 0 spiro atoms. The molecule has 3 fully saturated rings. The fraction of sp³-hybridized carbons (Fsp3) is 0.763. The maximum atomic E-state index is 13.4. The van der Waals surface area contributed by atoms with Crippen LogP contribution in [-0.2, 0) is 19.0 Å². The van der Waals surface area contributed by atoms with E-state index in [1.54, 1.807) is 22.8 Å². The van der Waals surface area contributed by atoms with E-state index < -0.39 is 23.9 Å². The quantitative estimate of drug-likeness (QED) is 0.0803. The second-order valence-electron chi connectivity index (χ2n) is 14.8. The molecule has 3 heterocycles. The van der Waals surface area contributed by atoms with Crippen LogP contribution in [0.25, 0.3) is 0 Å². The molecule has 3 aliphatic heterocycles. The maximum absolute atomic E-state index is 13.4. The van der Waals surface area contributed by atoms with E-state index in [1.807, 2.05) is 45.1 Å². The van der Waals surface area contributed by atoms with Crippen molar-refractivity contribution in [3.05, 3.63) is 36.0 Å². The highest BCUT2D eigenvalue weighted by Gasteiger charge is 2.37. The third kappa shape index (κ3) is 11.6. The Kier molecular flexibility index (Phi) is 14.9. The van der Waals surface area contributed by atoms with Crippen molar-refractivity contribution in [2.75, 3.05) is 45.9 Å². The predicted octanol–water partition coefficient (Wildman–Crippen LogP) is 6.63. The summed E-state index contributed by atoms with van der Waals surface area (Å²) in [5.74, 6) is -0.524. The molecule has 0 aromatic carbocycles. The minimum Gasteiger partial charge on any atom is -0.457 e. The van der Waals surface area contributed by atoms with E-state index in [9.17, 15) is 19.5 Å². The van der Waals surface area contributed by atoms with Gasteiger partial charge in [-0.15, -0.1) is 0 Å². The van der Waals surface area contributed by atoms with Crippen molar-refractivity contribution < 1.29 is 33.7 Å². The summed E-state index contributed by atoms with van der Waals surface area (Å²) in [5, 5.41) is 11.6. The Balaban J connectivity index is 1.37. The number of ether oxygens (including phenoxy) is 3. The van der Waals surface area contributed by atoms with Gasteiger partial charge < -0.3 is 29.1 Å². The lowest BCUT2D eigenvalue weighted by Crippen LogP contribution is -2.53. The number of hydrogen-bond acceptors (Lipinski definition) is 8. The fourth-order valence-electron chi connectivity index (χ4n) is 7.31. The van der Waals surface area contributed by atoms with Gasteiger partial charge in [-0.1, -0.05) is 63.8 Å². The normalized spacial score (nSPS) is 31.4. The van der Waals surface area contributed by atoms with E-state index in [-0.39, 0.29) is 30.3 Å². The van der Waals surface area contributed by atoms with Crippen LogP contribution in [0.5, 0.6) is 0 Å². The molecule has 48 heavy (non-hydrogen) atoms. The van der Waals surface area contributed by atoms with Crippen molar-refractivity contribution in [3.8, 4) is 0 Å². The van der Waals surface area contributed by atoms with E-state index in [0.717, 1.165) is 44.6 Å². The Morgan fingerprint density at radius 3 is 2.29 bits per heavy atom. The minimum absolute atomic E-state index is 0.01000. The zero-order valence-electron chi connectivity index (χ0n) is 29.9. The predicted molar refractivity (Wildman–Crippen MR) is 186 cm³/mol. The van der Waals surface area contributed by atoms with E-state index in [4.69, 9.17) is 14.2 Å². The number of hydrogen-bond donors (Lipinski definition) is 1. The van der Waals surface area contributed by atoms with Crippen LogP contribution in [0, 0.1) is 11.8 Å². The number of allylic oxidation sites excluding steroid dienone is 2. The number of amides is 2. The molecule has 0 radical (unpaired) electrons. The van der Waals surface area contributed by atoms with Crippen LogP contribution in [0.2, 0.25) is 0 Å². The lowest BCUT2D eigenvalue weighted by Gasteiger charge is -2.40. The molecule has 5 atom stereocenters. The monoisotopic (exact) mass is 671 g/mol. The number of carbonyl (C=O) groups is 3. The van der Waals surface area contributed by atoms with Gasteiger partial charge in [0.05, 0.1) is 6.61 Å². The first-order valence-corrected chi connectivity index (χ1v) is 18.6. The third-order valence-corrected chi connectivity index (χ3v) is 10.6.